The number of phenolic OH excluding ortho intramolecular Hbond substituents is 2. The topological polar surface area (TPSA) is 97.0 Å². The molecule has 1 heterocycles. The maximum Gasteiger partial charge on any atom is 0.204 e. The van der Waals surface area contributed by atoms with Crippen LogP contribution >= 0.6 is 0 Å². The minimum atomic E-state index is -0.406. The molecule has 3 aromatic rings. The Bertz CT molecular complexity index is 924. The highest BCUT2D eigenvalue weighted by molar-refractivity contribution is 5.88. The van der Waals surface area contributed by atoms with Crippen molar-refractivity contribution in [3.8, 4) is 28.4 Å². The van der Waals surface area contributed by atoms with E-state index < -0.39 is 5.43 Å². The Balaban J connectivity index is 2.16. The number of hydrogen-bond donors (Lipinski definition) is 2. The van der Waals surface area contributed by atoms with E-state index in [1.54, 1.807) is 12.1 Å². The predicted octanol–water partition coefficient (Wildman–Crippen LogP) is 2.45. The van der Waals surface area contributed by atoms with Crippen LogP contribution in [0.5, 0.6) is 17.2 Å². The summed E-state index contributed by atoms with van der Waals surface area (Å²) in [5.74, 6) is 0.0131. The molecule has 0 aliphatic rings. The Morgan fingerprint density at radius 1 is 1.13 bits per heavy atom. The molecule has 0 saturated carbocycles. The van der Waals surface area contributed by atoms with Gasteiger partial charge in [0, 0.05) is 12.1 Å². The van der Waals surface area contributed by atoms with Crippen molar-refractivity contribution in [1.82, 2.24) is 0 Å². The van der Waals surface area contributed by atoms with Gasteiger partial charge in [-0.15, -0.1) is 0 Å². The van der Waals surface area contributed by atoms with Gasteiger partial charge in [0.05, 0.1) is 5.56 Å². The molecule has 0 saturated heterocycles. The summed E-state index contributed by atoms with van der Waals surface area (Å²) in [7, 11) is 0. The van der Waals surface area contributed by atoms with Gasteiger partial charge in [-0.05, 0) is 17.7 Å². The number of carbonyl (C=O) groups excluding carboxylic acids is 1. The van der Waals surface area contributed by atoms with Crippen molar-refractivity contribution in [2.45, 2.75) is 0 Å². The molecule has 0 atom stereocenters. The van der Waals surface area contributed by atoms with Gasteiger partial charge in [-0.3, -0.25) is 9.59 Å². The van der Waals surface area contributed by atoms with Crippen molar-refractivity contribution in [3.63, 3.8) is 0 Å². The summed E-state index contributed by atoms with van der Waals surface area (Å²) in [4.78, 5) is 22.9. The summed E-state index contributed by atoms with van der Waals surface area (Å²) in [6.07, 6.45) is 1.85. The van der Waals surface area contributed by atoms with Gasteiger partial charge in [-0.2, -0.15) is 0 Å². The average molecular weight is 312 g/mol. The molecular formula is C17H12O6. The standard InChI is InChI=1S/C17H12O6/c18-5-6-22-12-7-14(20)16-15(8-12)23-9-13(17(16)21)10-1-3-11(19)4-2-10/h1-5,7-9,19-20H,6H2. The van der Waals surface area contributed by atoms with Crippen LogP contribution in [0, 0.1) is 0 Å². The summed E-state index contributed by atoms with van der Waals surface area (Å²) >= 11 is 0. The molecule has 0 fully saturated rings. The maximum atomic E-state index is 12.6. The first-order valence-electron chi connectivity index (χ1n) is 6.74. The van der Waals surface area contributed by atoms with Crippen LogP contribution in [0.3, 0.4) is 0 Å². The summed E-state index contributed by atoms with van der Waals surface area (Å²) < 4.78 is 10.5. The highest BCUT2D eigenvalue weighted by Gasteiger charge is 2.14. The Labute approximate surface area is 130 Å². The number of ether oxygens (including phenoxy) is 1. The van der Waals surface area contributed by atoms with Gasteiger partial charge in [0.2, 0.25) is 5.43 Å². The molecule has 2 N–H and O–H groups in total. The van der Waals surface area contributed by atoms with E-state index in [2.05, 4.69) is 0 Å². The zero-order valence-electron chi connectivity index (χ0n) is 11.9. The summed E-state index contributed by atoms with van der Waals surface area (Å²) in [5.41, 5.74) is 0.559. The van der Waals surface area contributed by atoms with Crippen LogP contribution in [-0.4, -0.2) is 23.1 Å². The molecule has 0 spiro atoms. The van der Waals surface area contributed by atoms with E-state index in [4.69, 9.17) is 9.15 Å². The van der Waals surface area contributed by atoms with E-state index in [0.717, 1.165) is 0 Å². The van der Waals surface area contributed by atoms with Gasteiger partial charge < -0.3 is 19.4 Å². The fourth-order valence-electron chi connectivity index (χ4n) is 2.26. The SMILES string of the molecule is O=CCOc1cc(O)c2c(=O)c(-c3ccc(O)cc3)coc2c1. The zero-order valence-corrected chi connectivity index (χ0v) is 11.9. The smallest absolute Gasteiger partial charge is 0.204 e. The fraction of sp³-hybridized carbons (Fsp3) is 0.0588. The van der Waals surface area contributed by atoms with Crippen molar-refractivity contribution in [3.05, 3.63) is 52.9 Å². The Hall–Kier alpha value is -3.28. The van der Waals surface area contributed by atoms with Crippen molar-refractivity contribution in [1.29, 1.82) is 0 Å². The monoisotopic (exact) mass is 312 g/mol. The van der Waals surface area contributed by atoms with Crippen molar-refractivity contribution >= 4 is 17.3 Å². The van der Waals surface area contributed by atoms with Gasteiger partial charge in [0.15, 0.2) is 6.29 Å². The number of phenols is 2. The fourth-order valence-corrected chi connectivity index (χ4v) is 2.26. The molecule has 0 radical (unpaired) electrons. The van der Waals surface area contributed by atoms with Crippen LogP contribution in [0.2, 0.25) is 0 Å². The quantitative estimate of drug-likeness (QED) is 0.718. The lowest BCUT2D eigenvalue weighted by Gasteiger charge is -2.07. The van der Waals surface area contributed by atoms with Gasteiger partial charge in [0.25, 0.3) is 0 Å². The Morgan fingerprint density at radius 3 is 2.57 bits per heavy atom. The normalized spacial score (nSPS) is 10.6. The van der Waals surface area contributed by atoms with Gasteiger partial charge in [-0.25, -0.2) is 0 Å². The molecule has 23 heavy (non-hydrogen) atoms. The van der Waals surface area contributed by atoms with E-state index in [9.17, 15) is 19.8 Å². The number of carbonyl (C=O) groups is 1. The number of aromatic hydroxyl groups is 2. The molecule has 6 heteroatoms. The number of aldehydes is 1. The van der Waals surface area contributed by atoms with Crippen LogP contribution < -0.4 is 10.2 Å². The van der Waals surface area contributed by atoms with Gasteiger partial charge in [-0.1, -0.05) is 12.1 Å². The second-order valence-electron chi connectivity index (χ2n) is 4.82. The predicted molar refractivity (Wildman–Crippen MR) is 82.8 cm³/mol. The van der Waals surface area contributed by atoms with E-state index in [1.807, 2.05) is 0 Å². The summed E-state index contributed by atoms with van der Waals surface area (Å²) in [5, 5.41) is 19.4. The lowest BCUT2D eigenvalue weighted by molar-refractivity contribution is -0.109. The molecule has 6 nitrogen and oxygen atoms in total. The van der Waals surface area contributed by atoms with Crippen molar-refractivity contribution in [2.75, 3.05) is 6.61 Å². The Kier molecular flexibility index (Phi) is 3.72. The van der Waals surface area contributed by atoms with Crippen LogP contribution in [0.4, 0.5) is 0 Å². The molecule has 0 aliphatic heterocycles. The van der Waals surface area contributed by atoms with E-state index >= 15 is 0 Å². The van der Waals surface area contributed by atoms with Crippen LogP contribution in [0.15, 0.2) is 51.9 Å². The second-order valence-corrected chi connectivity index (χ2v) is 4.82. The molecule has 0 bridgehead atoms. The third-order valence-corrected chi connectivity index (χ3v) is 3.33. The molecule has 1 aromatic heterocycles. The minimum absolute atomic E-state index is 0.0222. The number of benzene rings is 2. The third-order valence-electron chi connectivity index (χ3n) is 3.33. The van der Waals surface area contributed by atoms with E-state index in [1.165, 1.54) is 30.5 Å². The van der Waals surface area contributed by atoms with E-state index in [0.29, 0.717) is 11.8 Å². The number of hydrogen-bond acceptors (Lipinski definition) is 6. The molecule has 0 amide bonds. The van der Waals surface area contributed by atoms with Crippen LogP contribution in [-0.2, 0) is 4.79 Å². The number of rotatable bonds is 4. The molecular weight excluding hydrogens is 300 g/mol. The molecule has 116 valence electrons. The van der Waals surface area contributed by atoms with E-state index in [-0.39, 0.29) is 40.4 Å². The molecule has 3 rings (SSSR count). The highest BCUT2D eigenvalue weighted by atomic mass is 16.5. The zero-order chi connectivity index (χ0) is 16.4. The average Bonchev–Trinajstić information content (AvgIpc) is 2.54. The second kappa shape index (κ2) is 5.84. The minimum Gasteiger partial charge on any atom is -0.508 e. The lowest BCUT2D eigenvalue weighted by Crippen LogP contribution is -2.05. The largest absolute Gasteiger partial charge is 0.508 e. The maximum absolute atomic E-state index is 12.6. The third kappa shape index (κ3) is 2.74. The van der Waals surface area contributed by atoms with Crippen LogP contribution in [0.1, 0.15) is 0 Å². The van der Waals surface area contributed by atoms with Crippen LogP contribution in [0.25, 0.3) is 22.1 Å². The van der Waals surface area contributed by atoms with Crippen molar-refractivity contribution < 1.29 is 24.2 Å². The lowest BCUT2D eigenvalue weighted by atomic mass is 10.0. The first-order valence-corrected chi connectivity index (χ1v) is 6.74. The molecule has 0 unspecified atom stereocenters. The van der Waals surface area contributed by atoms with Gasteiger partial charge >= 0.3 is 0 Å². The summed E-state index contributed by atoms with van der Waals surface area (Å²) in [6.45, 7) is -0.166. The van der Waals surface area contributed by atoms with Crippen molar-refractivity contribution in [2.24, 2.45) is 0 Å². The first-order chi connectivity index (χ1) is 11.1. The Morgan fingerprint density at radius 2 is 1.87 bits per heavy atom. The first kappa shape index (κ1) is 14.6. The molecule has 2 aromatic carbocycles. The number of fused-ring (bicyclic) bond motifs is 1. The summed E-state index contributed by atoms with van der Waals surface area (Å²) in [6, 6.07) is 8.74. The highest BCUT2D eigenvalue weighted by Crippen LogP contribution is 2.30. The molecule has 0 aliphatic carbocycles. The van der Waals surface area contributed by atoms with Gasteiger partial charge in [0.1, 0.15) is 41.1 Å².